The van der Waals surface area contributed by atoms with E-state index in [2.05, 4.69) is 5.32 Å². The number of carbonyl (C=O) groups excluding carboxylic acids is 1. The van der Waals surface area contributed by atoms with E-state index in [4.69, 9.17) is 4.74 Å². The van der Waals surface area contributed by atoms with Gasteiger partial charge in [-0.05, 0) is 20.8 Å². The third-order valence-electron chi connectivity index (χ3n) is 1.52. The van der Waals surface area contributed by atoms with E-state index in [0.717, 1.165) is 0 Å². The van der Waals surface area contributed by atoms with Crippen molar-refractivity contribution in [2.45, 2.75) is 33.3 Å². The van der Waals surface area contributed by atoms with Gasteiger partial charge in [0.2, 0.25) is 0 Å². The third-order valence-corrected chi connectivity index (χ3v) is 2.82. The maximum absolute atomic E-state index is 11.2. The average molecular weight is 235 g/mol. The molecule has 0 aliphatic rings. The van der Waals surface area contributed by atoms with Gasteiger partial charge in [0.1, 0.15) is 5.60 Å². The van der Waals surface area contributed by atoms with Gasteiger partial charge in [0.15, 0.2) is 0 Å². The van der Waals surface area contributed by atoms with Gasteiger partial charge in [-0.25, -0.2) is 0 Å². The zero-order valence-corrected chi connectivity index (χ0v) is 10.8. The number of rotatable bonds is 6. The molecule has 1 atom stereocenters. The van der Waals surface area contributed by atoms with E-state index in [0.29, 0.717) is 18.1 Å². The normalized spacial score (nSPS) is 13.6. The zero-order chi connectivity index (χ0) is 11.9. The van der Waals surface area contributed by atoms with E-state index in [1.807, 2.05) is 27.7 Å². The van der Waals surface area contributed by atoms with Gasteiger partial charge < -0.3 is 10.1 Å². The summed E-state index contributed by atoms with van der Waals surface area (Å²) in [6.07, 6.45) is 0. The first-order chi connectivity index (χ1) is 6.85. The van der Waals surface area contributed by atoms with Crippen LogP contribution in [0.1, 0.15) is 27.7 Å². The molecule has 1 N–H and O–H groups in total. The summed E-state index contributed by atoms with van der Waals surface area (Å²) in [6, 6.07) is 0. The van der Waals surface area contributed by atoms with Gasteiger partial charge >= 0.3 is 5.97 Å². The molecule has 0 aromatic carbocycles. The van der Waals surface area contributed by atoms with Crippen molar-refractivity contribution < 1.29 is 13.7 Å². The molecule has 90 valence electrons. The number of esters is 1. The minimum atomic E-state index is -0.775. The number of nitrogens with one attached hydrogen (secondary N) is 1. The molecular weight excluding hydrogens is 214 g/mol. The van der Waals surface area contributed by atoms with E-state index in [9.17, 15) is 9.00 Å². The minimum Gasteiger partial charge on any atom is -0.459 e. The standard InChI is InChI=1S/C10H21NO3S/c1-5-15(13)7-6-11-8-9(12)14-10(2,3)4/h11H,5-8H2,1-4H3. The van der Waals surface area contributed by atoms with Crippen molar-refractivity contribution in [3.05, 3.63) is 0 Å². The largest absolute Gasteiger partial charge is 0.459 e. The molecule has 4 nitrogen and oxygen atoms in total. The monoisotopic (exact) mass is 235 g/mol. The van der Waals surface area contributed by atoms with Gasteiger partial charge in [-0.1, -0.05) is 6.92 Å². The summed E-state index contributed by atoms with van der Waals surface area (Å²) in [5.74, 6) is 0.970. The van der Waals surface area contributed by atoms with Gasteiger partial charge in [-0.2, -0.15) is 0 Å². The van der Waals surface area contributed by atoms with Crippen LogP contribution in [-0.2, 0) is 20.3 Å². The summed E-state index contributed by atoms with van der Waals surface area (Å²) in [5.41, 5.74) is -0.439. The highest BCUT2D eigenvalue weighted by atomic mass is 32.2. The van der Waals surface area contributed by atoms with Crippen molar-refractivity contribution in [2.75, 3.05) is 24.6 Å². The molecule has 0 amide bonds. The minimum absolute atomic E-state index is 0.179. The summed E-state index contributed by atoms with van der Waals surface area (Å²) in [7, 11) is -0.775. The van der Waals surface area contributed by atoms with Crippen LogP contribution in [0.15, 0.2) is 0 Å². The quantitative estimate of drug-likeness (QED) is 0.543. The maximum atomic E-state index is 11.2. The lowest BCUT2D eigenvalue weighted by Crippen LogP contribution is -2.33. The number of carbonyl (C=O) groups is 1. The second kappa shape index (κ2) is 6.95. The molecule has 0 rings (SSSR count). The average Bonchev–Trinajstić information content (AvgIpc) is 2.09. The summed E-state index contributed by atoms with van der Waals surface area (Å²) in [4.78, 5) is 11.2. The predicted octanol–water partition coefficient (Wildman–Crippen LogP) is 0.686. The molecule has 0 saturated carbocycles. The van der Waals surface area contributed by atoms with E-state index in [1.165, 1.54) is 0 Å². The Morgan fingerprint density at radius 2 is 2.00 bits per heavy atom. The Labute approximate surface area is 94.2 Å². The molecule has 0 heterocycles. The fourth-order valence-corrected chi connectivity index (χ4v) is 1.56. The number of hydrogen-bond donors (Lipinski definition) is 1. The van der Waals surface area contributed by atoms with Crippen LogP contribution in [0.4, 0.5) is 0 Å². The first-order valence-electron chi connectivity index (χ1n) is 5.12. The van der Waals surface area contributed by atoms with Crippen molar-refractivity contribution in [3.8, 4) is 0 Å². The van der Waals surface area contributed by atoms with Crippen LogP contribution in [0.3, 0.4) is 0 Å². The Balaban J connectivity index is 3.52. The molecule has 0 spiro atoms. The van der Waals surface area contributed by atoms with Gasteiger partial charge in [0.05, 0.1) is 6.54 Å². The Morgan fingerprint density at radius 3 is 2.47 bits per heavy atom. The van der Waals surface area contributed by atoms with Crippen molar-refractivity contribution >= 4 is 16.8 Å². The predicted molar refractivity (Wildman–Crippen MR) is 62.3 cm³/mol. The van der Waals surface area contributed by atoms with Crippen LogP contribution in [0.5, 0.6) is 0 Å². The molecule has 0 fully saturated rings. The highest BCUT2D eigenvalue weighted by Crippen LogP contribution is 2.05. The summed E-state index contributed by atoms with van der Waals surface area (Å²) >= 11 is 0. The Hall–Kier alpha value is -0.420. The van der Waals surface area contributed by atoms with Gasteiger partial charge in [0, 0.05) is 28.9 Å². The number of hydrogen-bond acceptors (Lipinski definition) is 4. The molecule has 0 saturated heterocycles. The van der Waals surface area contributed by atoms with Crippen LogP contribution in [0.2, 0.25) is 0 Å². The van der Waals surface area contributed by atoms with Gasteiger partial charge in [-0.3, -0.25) is 9.00 Å². The molecule has 0 radical (unpaired) electrons. The van der Waals surface area contributed by atoms with E-state index >= 15 is 0 Å². The molecule has 5 heteroatoms. The lowest BCUT2D eigenvalue weighted by molar-refractivity contribution is -0.153. The van der Waals surface area contributed by atoms with Crippen molar-refractivity contribution in [3.63, 3.8) is 0 Å². The summed E-state index contributed by atoms with van der Waals surface area (Å²) in [6.45, 7) is 8.13. The zero-order valence-electron chi connectivity index (χ0n) is 9.96. The van der Waals surface area contributed by atoms with Crippen LogP contribution in [0, 0.1) is 0 Å². The number of ether oxygens (including phenoxy) is 1. The topological polar surface area (TPSA) is 55.4 Å². The van der Waals surface area contributed by atoms with Crippen molar-refractivity contribution in [1.82, 2.24) is 5.32 Å². The summed E-state index contributed by atoms with van der Waals surface area (Å²) in [5, 5.41) is 2.91. The molecule has 0 aromatic heterocycles. The SMILES string of the molecule is CCS(=O)CCNCC(=O)OC(C)(C)C. The van der Waals surface area contributed by atoms with Gasteiger partial charge in [0.25, 0.3) is 0 Å². The van der Waals surface area contributed by atoms with Crippen LogP contribution >= 0.6 is 0 Å². The molecule has 0 aromatic rings. The lowest BCUT2D eigenvalue weighted by atomic mass is 10.2. The fourth-order valence-electron chi connectivity index (χ4n) is 0.898. The summed E-state index contributed by atoms with van der Waals surface area (Å²) < 4.78 is 16.1. The van der Waals surface area contributed by atoms with Gasteiger partial charge in [-0.15, -0.1) is 0 Å². The molecule has 0 aliphatic heterocycles. The fraction of sp³-hybridized carbons (Fsp3) is 0.900. The third kappa shape index (κ3) is 9.87. The highest BCUT2D eigenvalue weighted by Gasteiger charge is 2.15. The van der Waals surface area contributed by atoms with Crippen molar-refractivity contribution in [2.24, 2.45) is 0 Å². The smallest absolute Gasteiger partial charge is 0.320 e. The van der Waals surface area contributed by atoms with Crippen LogP contribution < -0.4 is 5.32 Å². The van der Waals surface area contributed by atoms with Crippen LogP contribution in [-0.4, -0.2) is 40.4 Å². The van der Waals surface area contributed by atoms with Crippen LogP contribution in [0.25, 0.3) is 0 Å². The Kier molecular flexibility index (Phi) is 6.76. The second-order valence-corrected chi connectivity index (χ2v) is 6.06. The second-order valence-electron chi connectivity index (χ2n) is 4.20. The Morgan fingerprint density at radius 1 is 1.40 bits per heavy atom. The maximum Gasteiger partial charge on any atom is 0.320 e. The van der Waals surface area contributed by atoms with E-state index in [-0.39, 0.29) is 12.5 Å². The molecule has 0 bridgehead atoms. The molecule has 15 heavy (non-hydrogen) atoms. The molecular formula is C10H21NO3S. The van der Waals surface area contributed by atoms with E-state index < -0.39 is 16.4 Å². The van der Waals surface area contributed by atoms with E-state index in [1.54, 1.807) is 0 Å². The Bertz CT molecular complexity index is 223. The first kappa shape index (κ1) is 14.6. The molecule has 1 unspecified atom stereocenters. The highest BCUT2D eigenvalue weighted by molar-refractivity contribution is 7.84. The lowest BCUT2D eigenvalue weighted by Gasteiger charge is -2.19. The van der Waals surface area contributed by atoms with Crippen molar-refractivity contribution in [1.29, 1.82) is 0 Å². The first-order valence-corrected chi connectivity index (χ1v) is 6.61. The molecule has 0 aliphatic carbocycles.